The van der Waals surface area contributed by atoms with Crippen molar-refractivity contribution < 1.29 is 14.6 Å². The van der Waals surface area contributed by atoms with Crippen LogP contribution in [-0.2, 0) is 9.53 Å². The number of fused-ring (bicyclic) bond motifs is 5. The van der Waals surface area contributed by atoms with E-state index in [1.807, 2.05) is 0 Å². The predicted octanol–water partition coefficient (Wildman–Crippen LogP) is 4.37. The molecule has 1 N–H and O–H groups in total. The Kier molecular flexibility index (Phi) is 4.35. The Labute approximate surface area is 152 Å². The van der Waals surface area contributed by atoms with E-state index in [1.165, 1.54) is 25.7 Å². The summed E-state index contributed by atoms with van der Waals surface area (Å²) >= 11 is 0. The van der Waals surface area contributed by atoms with Crippen LogP contribution in [0.4, 0.5) is 0 Å². The van der Waals surface area contributed by atoms with E-state index in [9.17, 15) is 9.90 Å². The zero-order valence-corrected chi connectivity index (χ0v) is 16.4. The molecule has 0 heterocycles. The van der Waals surface area contributed by atoms with E-state index in [2.05, 4.69) is 13.8 Å². The van der Waals surface area contributed by atoms with E-state index in [0.717, 1.165) is 50.4 Å². The minimum atomic E-state index is -0.614. The number of aliphatic hydroxyl groups is 1. The molecule has 0 amide bonds. The predicted molar refractivity (Wildman–Crippen MR) is 98.2 cm³/mol. The molecule has 0 aromatic heterocycles. The molecule has 0 bridgehead atoms. The molecule has 4 aliphatic rings. The Balaban J connectivity index is 1.61. The fraction of sp³-hybridized carbons (Fsp3) is 0.955. The summed E-state index contributed by atoms with van der Waals surface area (Å²) < 4.78 is 5.33. The van der Waals surface area contributed by atoms with Crippen molar-refractivity contribution in [3.63, 3.8) is 0 Å². The molecule has 4 rings (SSSR count). The average molecular weight is 349 g/mol. The van der Waals surface area contributed by atoms with E-state index in [0.29, 0.717) is 29.6 Å². The summed E-state index contributed by atoms with van der Waals surface area (Å²) in [6.45, 7) is 5.13. The number of methoxy groups -OCH3 is 1. The third-order valence-corrected chi connectivity index (χ3v) is 9.30. The summed E-state index contributed by atoms with van der Waals surface area (Å²) in [5, 5.41) is 11.0. The lowest BCUT2D eigenvalue weighted by Crippen LogP contribution is -2.57. The molecule has 3 nitrogen and oxygen atoms in total. The van der Waals surface area contributed by atoms with Gasteiger partial charge in [0.05, 0.1) is 12.2 Å². The number of carbonyl (C=O) groups excluding carboxylic acids is 1. The maximum Gasteiger partial charge on any atom is 0.139 e. The third-order valence-electron chi connectivity index (χ3n) is 9.30. The smallest absolute Gasteiger partial charge is 0.139 e. The van der Waals surface area contributed by atoms with Crippen molar-refractivity contribution in [3.8, 4) is 0 Å². The second-order valence-electron chi connectivity index (χ2n) is 10.0. The van der Waals surface area contributed by atoms with Crippen LogP contribution in [0.5, 0.6) is 0 Å². The molecule has 0 saturated heterocycles. The van der Waals surface area contributed by atoms with E-state index >= 15 is 0 Å². The molecule has 0 radical (unpaired) electrons. The van der Waals surface area contributed by atoms with Crippen molar-refractivity contribution in [2.45, 2.75) is 83.7 Å². The molecule has 4 saturated carbocycles. The van der Waals surface area contributed by atoms with Crippen LogP contribution in [-0.4, -0.2) is 30.2 Å². The number of carbonyl (C=O) groups is 1. The molecular weight excluding hydrogens is 312 g/mol. The first-order valence-corrected chi connectivity index (χ1v) is 10.6. The molecule has 0 unspecified atom stereocenters. The maximum atomic E-state index is 12.5. The average Bonchev–Trinajstić information content (AvgIpc) is 2.90. The van der Waals surface area contributed by atoms with E-state index in [1.54, 1.807) is 7.11 Å². The van der Waals surface area contributed by atoms with Gasteiger partial charge in [0.15, 0.2) is 0 Å². The second kappa shape index (κ2) is 6.05. The van der Waals surface area contributed by atoms with E-state index in [-0.39, 0.29) is 5.41 Å². The topological polar surface area (TPSA) is 46.5 Å². The highest BCUT2D eigenvalue weighted by Crippen LogP contribution is 2.67. The van der Waals surface area contributed by atoms with Crippen molar-refractivity contribution in [1.29, 1.82) is 0 Å². The van der Waals surface area contributed by atoms with Crippen molar-refractivity contribution in [3.05, 3.63) is 0 Å². The molecule has 4 aliphatic carbocycles. The molecule has 7 atom stereocenters. The molecule has 3 heteroatoms. The van der Waals surface area contributed by atoms with Crippen LogP contribution in [0, 0.1) is 34.5 Å². The minimum absolute atomic E-state index is 0.0195. The Morgan fingerprint density at radius 1 is 1.12 bits per heavy atom. The summed E-state index contributed by atoms with van der Waals surface area (Å²) in [4.78, 5) is 12.5. The van der Waals surface area contributed by atoms with E-state index in [4.69, 9.17) is 4.74 Å². The molecule has 0 spiro atoms. The Morgan fingerprint density at radius 2 is 1.92 bits per heavy atom. The fourth-order valence-electron chi connectivity index (χ4n) is 8.01. The zero-order chi connectivity index (χ0) is 17.9. The van der Waals surface area contributed by atoms with Crippen molar-refractivity contribution in [2.75, 3.05) is 13.7 Å². The van der Waals surface area contributed by atoms with Crippen LogP contribution in [0.3, 0.4) is 0 Å². The van der Waals surface area contributed by atoms with Crippen LogP contribution in [0.2, 0.25) is 0 Å². The number of Topliss-reactive ketones (excluding diaryl/α,β-unsaturated/α-hetero) is 1. The largest absolute Gasteiger partial charge is 0.387 e. The number of ketones is 1. The molecule has 142 valence electrons. The van der Waals surface area contributed by atoms with Crippen LogP contribution < -0.4 is 0 Å². The monoisotopic (exact) mass is 348 g/mol. The highest BCUT2D eigenvalue weighted by Gasteiger charge is 2.62. The van der Waals surface area contributed by atoms with Gasteiger partial charge in [0.25, 0.3) is 0 Å². The lowest BCUT2D eigenvalue weighted by molar-refractivity contribution is -0.170. The normalized spacial score (nSPS) is 52.4. The lowest BCUT2D eigenvalue weighted by Gasteiger charge is -2.62. The van der Waals surface area contributed by atoms with Crippen LogP contribution in [0.15, 0.2) is 0 Å². The molecule has 0 aromatic carbocycles. The lowest BCUT2D eigenvalue weighted by atomic mass is 9.43. The van der Waals surface area contributed by atoms with Gasteiger partial charge < -0.3 is 9.84 Å². The van der Waals surface area contributed by atoms with Gasteiger partial charge in [0.1, 0.15) is 5.78 Å². The summed E-state index contributed by atoms with van der Waals surface area (Å²) in [6, 6.07) is 0. The number of hydrogen-bond donors (Lipinski definition) is 1. The van der Waals surface area contributed by atoms with E-state index < -0.39 is 5.60 Å². The first-order valence-electron chi connectivity index (χ1n) is 10.6. The summed E-state index contributed by atoms with van der Waals surface area (Å²) in [6.07, 6.45) is 11.0. The van der Waals surface area contributed by atoms with Crippen molar-refractivity contribution in [2.24, 2.45) is 34.5 Å². The minimum Gasteiger partial charge on any atom is -0.387 e. The fourth-order valence-corrected chi connectivity index (χ4v) is 8.01. The molecule has 0 aliphatic heterocycles. The Morgan fingerprint density at radius 3 is 2.64 bits per heavy atom. The molecule has 0 aromatic rings. The number of hydrogen-bond acceptors (Lipinski definition) is 3. The quantitative estimate of drug-likeness (QED) is 0.824. The van der Waals surface area contributed by atoms with Gasteiger partial charge in [-0.15, -0.1) is 0 Å². The Bertz CT molecular complexity index is 545. The molecular formula is C22H36O3. The van der Waals surface area contributed by atoms with Gasteiger partial charge >= 0.3 is 0 Å². The highest BCUT2D eigenvalue weighted by atomic mass is 16.5. The highest BCUT2D eigenvalue weighted by molar-refractivity contribution is 5.87. The zero-order valence-electron chi connectivity index (χ0n) is 16.4. The van der Waals surface area contributed by atoms with Crippen LogP contribution >= 0.6 is 0 Å². The van der Waals surface area contributed by atoms with Gasteiger partial charge in [-0.1, -0.05) is 13.8 Å². The van der Waals surface area contributed by atoms with Gasteiger partial charge in [0.2, 0.25) is 0 Å². The Hall–Kier alpha value is -0.410. The van der Waals surface area contributed by atoms with Gasteiger partial charge in [-0.3, -0.25) is 4.79 Å². The standard InChI is InChI=1S/C22H36O3/c1-4-22-12-11-21(24,14-25-3)13-15(22)5-6-16-17-7-8-19(23)20(17,2)10-9-18(16)22/h15-18,24H,4-14H2,1-3H3/t15-,16+,17+,18+,20+,21-,22+/m1/s1. The van der Waals surface area contributed by atoms with Gasteiger partial charge in [-0.2, -0.15) is 0 Å². The first-order chi connectivity index (χ1) is 11.9. The van der Waals surface area contributed by atoms with Crippen LogP contribution in [0.1, 0.15) is 78.1 Å². The van der Waals surface area contributed by atoms with Gasteiger partial charge in [-0.05, 0) is 86.9 Å². The third kappa shape index (κ3) is 2.48. The first kappa shape index (κ1) is 18.0. The van der Waals surface area contributed by atoms with Crippen molar-refractivity contribution >= 4 is 5.78 Å². The summed E-state index contributed by atoms with van der Waals surface area (Å²) in [5.41, 5.74) is -0.234. The number of rotatable bonds is 3. The van der Waals surface area contributed by atoms with Gasteiger partial charge in [-0.25, -0.2) is 0 Å². The SMILES string of the molecule is CC[C@]12CC[C@](O)(COC)C[C@H]1CC[C@@H]1[C@@H]2CC[C@]2(C)C(=O)CC[C@@H]12. The molecule has 4 fully saturated rings. The summed E-state index contributed by atoms with van der Waals surface area (Å²) in [7, 11) is 1.70. The summed E-state index contributed by atoms with van der Waals surface area (Å²) in [5.74, 6) is 3.32. The number of ether oxygens (including phenoxy) is 1. The van der Waals surface area contributed by atoms with Crippen molar-refractivity contribution in [1.82, 2.24) is 0 Å². The van der Waals surface area contributed by atoms with Gasteiger partial charge in [0, 0.05) is 18.9 Å². The maximum absolute atomic E-state index is 12.5. The van der Waals surface area contributed by atoms with Crippen LogP contribution in [0.25, 0.3) is 0 Å². The second-order valence-corrected chi connectivity index (χ2v) is 10.0. The molecule has 25 heavy (non-hydrogen) atoms.